The minimum absolute atomic E-state index is 0. The third-order valence-electron chi connectivity index (χ3n) is 1.28. The molecule has 1 aromatic rings. The van der Waals surface area contributed by atoms with Crippen LogP contribution in [0.25, 0.3) is 6.08 Å². The number of hydrogen-bond acceptors (Lipinski definition) is 3. The average Bonchev–Trinajstić information content (AvgIpc) is 2.14. The molecule has 0 unspecified atom stereocenters. The van der Waals surface area contributed by atoms with Crippen LogP contribution in [0.4, 0.5) is 12.9 Å². The smallest absolute Gasteiger partial charge is 0.445 e. The molecule has 0 fully saturated rings. The number of halogens is 3. The standard InChI is InChI=1S/C7H4BF3N3.K/c9-8(10,11)2-1-6-4-13-7(3-12)14-5-6;/h1-2,4-5H;/q-1;+1/b2-1+;. The average molecular weight is 237 g/mol. The van der Waals surface area contributed by atoms with Crippen LogP contribution in [0, 0.1) is 11.3 Å². The van der Waals surface area contributed by atoms with Crippen molar-refractivity contribution in [3.63, 3.8) is 0 Å². The molecule has 0 aliphatic rings. The van der Waals surface area contributed by atoms with Crippen LogP contribution >= 0.6 is 0 Å². The molecule has 8 heteroatoms. The van der Waals surface area contributed by atoms with Gasteiger partial charge in [0, 0.05) is 18.0 Å². The zero-order chi connectivity index (χ0) is 10.6. The van der Waals surface area contributed by atoms with E-state index < -0.39 is 6.98 Å². The molecule has 1 aromatic heterocycles. The largest absolute Gasteiger partial charge is 1.00 e. The Labute approximate surface area is 127 Å². The second-order valence-corrected chi connectivity index (χ2v) is 2.44. The van der Waals surface area contributed by atoms with E-state index in [0.29, 0.717) is 0 Å². The van der Waals surface area contributed by atoms with E-state index in [9.17, 15) is 12.9 Å². The van der Waals surface area contributed by atoms with Gasteiger partial charge in [0.15, 0.2) is 0 Å². The van der Waals surface area contributed by atoms with E-state index in [1.807, 2.05) is 0 Å². The van der Waals surface area contributed by atoms with E-state index >= 15 is 0 Å². The summed E-state index contributed by atoms with van der Waals surface area (Å²) in [5.41, 5.74) is 0.211. The molecule has 0 aliphatic heterocycles. The second kappa shape index (κ2) is 6.40. The Hall–Kier alpha value is -0.199. The summed E-state index contributed by atoms with van der Waals surface area (Å²) in [6.07, 6.45) is 3.18. The SMILES string of the molecule is N#Cc1ncc(/C=C/[B-](F)(F)F)cn1.[K+]. The molecule has 0 radical (unpaired) electrons. The fourth-order valence-electron chi connectivity index (χ4n) is 0.702. The Morgan fingerprint density at radius 2 is 1.80 bits per heavy atom. The van der Waals surface area contributed by atoms with Crippen molar-refractivity contribution in [2.75, 3.05) is 0 Å². The summed E-state index contributed by atoms with van der Waals surface area (Å²) < 4.78 is 35.3. The monoisotopic (exact) mass is 237 g/mol. The molecule has 0 N–H and O–H groups in total. The molecule has 0 saturated carbocycles. The quantitative estimate of drug-likeness (QED) is 0.604. The Kier molecular flexibility index (Phi) is 6.31. The predicted molar refractivity (Wildman–Crippen MR) is 44.9 cm³/mol. The maximum absolute atomic E-state index is 11.8. The molecule has 1 rings (SSSR count). The zero-order valence-electron chi connectivity index (χ0n) is 7.86. The minimum atomic E-state index is -4.94. The number of rotatable bonds is 2. The predicted octanol–water partition coefficient (Wildman–Crippen LogP) is -1.25. The number of nitrogens with zero attached hydrogens (tertiary/aromatic N) is 3. The van der Waals surface area contributed by atoms with E-state index in [-0.39, 0.29) is 68.7 Å². The van der Waals surface area contributed by atoms with Crippen molar-refractivity contribution in [3.05, 3.63) is 29.8 Å². The molecule has 72 valence electrons. The van der Waals surface area contributed by atoms with Crippen LogP contribution in [0.3, 0.4) is 0 Å². The van der Waals surface area contributed by atoms with Crippen LogP contribution in [0.5, 0.6) is 0 Å². The summed E-state index contributed by atoms with van der Waals surface area (Å²) in [6, 6.07) is 1.66. The summed E-state index contributed by atoms with van der Waals surface area (Å²) in [4.78, 5) is 7.03. The molecule has 0 aliphatic carbocycles. The first-order chi connectivity index (χ1) is 6.51. The summed E-state index contributed by atoms with van der Waals surface area (Å²) in [5, 5.41) is 8.32. The van der Waals surface area contributed by atoms with Crippen LogP contribution < -0.4 is 51.4 Å². The van der Waals surface area contributed by atoms with Crippen molar-refractivity contribution in [1.29, 1.82) is 5.26 Å². The van der Waals surface area contributed by atoms with Crippen molar-refractivity contribution < 1.29 is 64.3 Å². The first kappa shape index (κ1) is 14.8. The third-order valence-corrected chi connectivity index (χ3v) is 1.28. The molecule has 0 amide bonds. The summed E-state index contributed by atoms with van der Waals surface area (Å²) in [7, 11) is 0. The summed E-state index contributed by atoms with van der Waals surface area (Å²) >= 11 is 0. The Morgan fingerprint density at radius 1 is 1.27 bits per heavy atom. The van der Waals surface area contributed by atoms with Crippen molar-refractivity contribution >= 4 is 13.1 Å². The Morgan fingerprint density at radius 3 is 2.20 bits per heavy atom. The Bertz CT molecular complexity index is 382. The maximum atomic E-state index is 11.8. The normalized spacial score (nSPS) is 10.8. The van der Waals surface area contributed by atoms with Crippen LogP contribution in [0.2, 0.25) is 0 Å². The van der Waals surface area contributed by atoms with Gasteiger partial charge in [-0.05, 0) is 0 Å². The van der Waals surface area contributed by atoms with Crippen molar-refractivity contribution in [2.45, 2.75) is 0 Å². The fourth-order valence-corrected chi connectivity index (χ4v) is 0.702. The second-order valence-electron chi connectivity index (χ2n) is 2.44. The maximum Gasteiger partial charge on any atom is 1.00 e. The molecule has 3 nitrogen and oxygen atoms in total. The van der Waals surface area contributed by atoms with Crippen LogP contribution in [0.15, 0.2) is 18.4 Å². The van der Waals surface area contributed by atoms with Crippen LogP contribution in [0.1, 0.15) is 11.4 Å². The molecule has 0 saturated heterocycles. The van der Waals surface area contributed by atoms with Gasteiger partial charge in [-0.2, -0.15) is 5.26 Å². The zero-order valence-corrected chi connectivity index (χ0v) is 11.0. The van der Waals surface area contributed by atoms with Gasteiger partial charge in [0.1, 0.15) is 6.07 Å². The first-order valence-electron chi connectivity index (χ1n) is 3.62. The van der Waals surface area contributed by atoms with Gasteiger partial charge in [0.2, 0.25) is 5.82 Å². The number of nitriles is 1. The minimum Gasteiger partial charge on any atom is -0.445 e. The van der Waals surface area contributed by atoms with E-state index in [0.717, 1.165) is 18.5 Å². The summed E-state index contributed by atoms with van der Waals surface area (Å²) in [5.74, 6) is 0.0738. The molecule has 0 spiro atoms. The molecular formula is C7H4BF3KN3. The fraction of sp³-hybridized carbons (Fsp3) is 0. The molecule has 1 heterocycles. The van der Waals surface area contributed by atoms with E-state index in [1.54, 1.807) is 6.07 Å². The van der Waals surface area contributed by atoms with Gasteiger partial charge in [-0.3, -0.25) is 0 Å². The topological polar surface area (TPSA) is 49.6 Å². The third kappa shape index (κ3) is 6.07. The number of aromatic nitrogens is 2. The van der Waals surface area contributed by atoms with Crippen LogP contribution in [-0.4, -0.2) is 16.9 Å². The van der Waals surface area contributed by atoms with Crippen molar-refractivity contribution in [1.82, 2.24) is 9.97 Å². The number of hydrogen-bond donors (Lipinski definition) is 0. The molecule has 0 atom stereocenters. The first-order valence-corrected chi connectivity index (χ1v) is 3.62. The molecule has 0 bridgehead atoms. The molecule has 0 aromatic carbocycles. The van der Waals surface area contributed by atoms with Gasteiger partial charge >= 0.3 is 58.4 Å². The van der Waals surface area contributed by atoms with Crippen molar-refractivity contribution in [3.8, 4) is 6.07 Å². The van der Waals surface area contributed by atoms with Gasteiger partial charge in [-0.25, -0.2) is 9.97 Å². The van der Waals surface area contributed by atoms with E-state index in [2.05, 4.69) is 9.97 Å². The molecular weight excluding hydrogens is 233 g/mol. The van der Waals surface area contributed by atoms with Crippen LogP contribution in [-0.2, 0) is 0 Å². The van der Waals surface area contributed by atoms with Crippen molar-refractivity contribution in [2.24, 2.45) is 0 Å². The molecule has 15 heavy (non-hydrogen) atoms. The van der Waals surface area contributed by atoms with Gasteiger partial charge in [0.05, 0.1) is 0 Å². The van der Waals surface area contributed by atoms with Gasteiger partial charge in [-0.15, -0.1) is 5.98 Å². The van der Waals surface area contributed by atoms with Gasteiger partial charge < -0.3 is 12.9 Å². The Balaban J connectivity index is 0.00000196. The van der Waals surface area contributed by atoms with E-state index in [4.69, 9.17) is 5.26 Å². The summed E-state index contributed by atoms with van der Waals surface area (Å²) in [6.45, 7) is -4.94. The van der Waals surface area contributed by atoms with E-state index in [1.165, 1.54) is 0 Å². The van der Waals surface area contributed by atoms with Gasteiger partial charge in [0.25, 0.3) is 0 Å². The van der Waals surface area contributed by atoms with Gasteiger partial charge in [-0.1, -0.05) is 6.08 Å².